The van der Waals surface area contributed by atoms with Gasteiger partial charge in [-0.3, -0.25) is 33.6 Å². The van der Waals surface area contributed by atoms with Gasteiger partial charge in [0.25, 0.3) is 0 Å². The molecular formula is C30H49N3O7. The quantitative estimate of drug-likeness (QED) is 0.174. The summed E-state index contributed by atoms with van der Waals surface area (Å²) in [6, 6.07) is 0. The Hall–Kier alpha value is -3.17. The largest absolute Gasteiger partial charge is 0.342 e. The van der Waals surface area contributed by atoms with E-state index in [0.29, 0.717) is 25.7 Å². The van der Waals surface area contributed by atoms with E-state index in [1.54, 1.807) is 40.7 Å². The van der Waals surface area contributed by atoms with Gasteiger partial charge in [-0.15, -0.1) is 0 Å². The predicted octanol–water partition coefficient (Wildman–Crippen LogP) is 3.31. The molecule has 0 aliphatic rings. The van der Waals surface area contributed by atoms with E-state index in [4.69, 9.17) is 0 Å². The first-order chi connectivity index (χ1) is 19.0. The molecule has 0 aromatic carbocycles. The van der Waals surface area contributed by atoms with Crippen LogP contribution in [0.25, 0.3) is 0 Å². The highest BCUT2D eigenvalue weighted by Crippen LogP contribution is 2.08. The van der Waals surface area contributed by atoms with Gasteiger partial charge < -0.3 is 14.7 Å². The molecule has 10 nitrogen and oxygen atoms in total. The minimum absolute atomic E-state index is 0.0160. The van der Waals surface area contributed by atoms with Crippen LogP contribution in [0.1, 0.15) is 98.8 Å². The number of hydrogen-bond acceptors (Lipinski definition) is 7. The number of ketones is 4. The third-order valence-corrected chi connectivity index (χ3v) is 6.74. The Labute approximate surface area is 239 Å². The molecule has 10 heteroatoms. The van der Waals surface area contributed by atoms with Crippen molar-refractivity contribution < 1.29 is 33.6 Å². The number of Topliss-reactive ketones (excluding diaryl/α,β-unsaturated/α-hetero) is 4. The second kappa shape index (κ2) is 21.6. The number of nitrogens with zero attached hydrogens (tertiary/aromatic N) is 3. The lowest BCUT2D eigenvalue weighted by molar-refractivity contribution is -0.133. The molecule has 0 spiro atoms. The maximum Gasteiger partial charge on any atom is 0.246 e. The summed E-state index contributed by atoms with van der Waals surface area (Å²) in [5, 5.41) is 0. The van der Waals surface area contributed by atoms with Crippen LogP contribution in [0.3, 0.4) is 0 Å². The Balaban J connectivity index is 5.40. The minimum atomic E-state index is -0.342. The van der Waals surface area contributed by atoms with Gasteiger partial charge in [-0.05, 0) is 13.0 Å². The van der Waals surface area contributed by atoms with E-state index in [9.17, 15) is 33.6 Å². The van der Waals surface area contributed by atoms with Crippen LogP contribution in [0.2, 0.25) is 0 Å². The molecule has 0 bridgehead atoms. The highest BCUT2D eigenvalue weighted by Gasteiger charge is 2.21. The van der Waals surface area contributed by atoms with Gasteiger partial charge in [0.15, 0.2) is 0 Å². The normalized spacial score (nSPS) is 10.8. The maximum atomic E-state index is 13.0. The monoisotopic (exact) mass is 563 g/mol. The van der Waals surface area contributed by atoms with Gasteiger partial charge in [0.2, 0.25) is 17.7 Å². The second-order valence-electron chi connectivity index (χ2n) is 9.66. The lowest BCUT2D eigenvalue weighted by Crippen LogP contribution is -2.41. The third-order valence-electron chi connectivity index (χ3n) is 6.74. The molecule has 0 radical (unpaired) electrons. The fourth-order valence-electron chi connectivity index (χ4n) is 3.83. The molecule has 0 saturated carbocycles. The Kier molecular flexibility index (Phi) is 19.9. The van der Waals surface area contributed by atoms with Crippen LogP contribution in [0.4, 0.5) is 0 Å². The van der Waals surface area contributed by atoms with Gasteiger partial charge in [-0.1, -0.05) is 33.8 Å². The van der Waals surface area contributed by atoms with Crippen LogP contribution in [0.5, 0.6) is 0 Å². The van der Waals surface area contributed by atoms with Crippen LogP contribution in [-0.4, -0.2) is 94.8 Å². The van der Waals surface area contributed by atoms with Crippen molar-refractivity contribution in [2.75, 3.05) is 39.3 Å². The van der Waals surface area contributed by atoms with Gasteiger partial charge in [0.05, 0.1) is 0 Å². The Bertz CT molecular complexity index is 798. The standard InChI is InChI=1S/C30H49N3O7/c1-6-11-28(38)33(22-16-29(39)31(18-12-24(34)7-2)19-13-25(35)8-3)23-17-30(40)32(20-14-26(36)9-4)21-15-27(37)10-5/h6,11H,7-10,12-23H2,1-5H3. The number of carbonyl (C=O) groups excluding carboxylic acids is 7. The summed E-state index contributed by atoms with van der Waals surface area (Å²) in [5.74, 6) is -0.790. The molecular weight excluding hydrogens is 514 g/mol. The van der Waals surface area contributed by atoms with Gasteiger partial charge >= 0.3 is 0 Å². The average molecular weight is 564 g/mol. The molecule has 0 saturated heterocycles. The number of allylic oxidation sites excluding steroid dienone is 1. The molecule has 0 rings (SSSR count). The molecule has 0 fully saturated rings. The van der Waals surface area contributed by atoms with Gasteiger partial charge in [-0.2, -0.15) is 0 Å². The van der Waals surface area contributed by atoms with Crippen molar-refractivity contribution in [2.45, 2.75) is 98.8 Å². The fourth-order valence-corrected chi connectivity index (χ4v) is 3.83. The topological polar surface area (TPSA) is 129 Å². The fraction of sp³-hybridized carbons (Fsp3) is 0.700. The molecule has 0 aliphatic carbocycles. The molecule has 0 N–H and O–H groups in total. The van der Waals surface area contributed by atoms with Gasteiger partial charge in [0.1, 0.15) is 23.1 Å². The summed E-state index contributed by atoms with van der Waals surface area (Å²) in [5.41, 5.74) is 0. The summed E-state index contributed by atoms with van der Waals surface area (Å²) in [4.78, 5) is 90.6. The first kappa shape index (κ1) is 36.8. The van der Waals surface area contributed by atoms with E-state index in [1.807, 2.05) is 0 Å². The summed E-state index contributed by atoms with van der Waals surface area (Å²) in [6.07, 6.45) is 5.20. The van der Waals surface area contributed by atoms with Gasteiger partial charge in [0, 0.05) is 103 Å². The van der Waals surface area contributed by atoms with Crippen molar-refractivity contribution in [3.05, 3.63) is 12.2 Å². The van der Waals surface area contributed by atoms with Crippen molar-refractivity contribution >= 4 is 40.9 Å². The minimum Gasteiger partial charge on any atom is -0.342 e. The van der Waals surface area contributed by atoms with Crippen LogP contribution in [0.15, 0.2) is 12.2 Å². The lowest BCUT2D eigenvalue weighted by Gasteiger charge is -2.27. The summed E-state index contributed by atoms with van der Waals surface area (Å²) >= 11 is 0. The Morgan fingerprint density at radius 2 is 0.725 bits per heavy atom. The van der Waals surface area contributed by atoms with E-state index in [2.05, 4.69) is 0 Å². The van der Waals surface area contributed by atoms with E-state index in [0.717, 1.165) is 0 Å². The zero-order chi connectivity index (χ0) is 30.5. The molecule has 0 heterocycles. The van der Waals surface area contributed by atoms with Crippen LogP contribution < -0.4 is 0 Å². The Morgan fingerprint density at radius 3 is 0.975 bits per heavy atom. The molecule has 0 aliphatic heterocycles. The predicted molar refractivity (Wildman–Crippen MR) is 153 cm³/mol. The van der Waals surface area contributed by atoms with E-state index < -0.39 is 0 Å². The van der Waals surface area contributed by atoms with Crippen LogP contribution in [0, 0.1) is 0 Å². The van der Waals surface area contributed by atoms with Crippen molar-refractivity contribution in [3.8, 4) is 0 Å². The molecule has 0 unspecified atom stereocenters. The highest BCUT2D eigenvalue weighted by atomic mass is 16.2. The maximum absolute atomic E-state index is 13.0. The molecule has 40 heavy (non-hydrogen) atoms. The van der Waals surface area contributed by atoms with Crippen molar-refractivity contribution in [3.63, 3.8) is 0 Å². The highest BCUT2D eigenvalue weighted by molar-refractivity contribution is 5.89. The number of hydrogen-bond donors (Lipinski definition) is 0. The third kappa shape index (κ3) is 16.1. The van der Waals surface area contributed by atoms with Crippen LogP contribution >= 0.6 is 0 Å². The van der Waals surface area contributed by atoms with E-state index in [1.165, 1.54) is 20.8 Å². The van der Waals surface area contributed by atoms with Crippen molar-refractivity contribution in [1.29, 1.82) is 0 Å². The first-order valence-corrected chi connectivity index (χ1v) is 14.6. The zero-order valence-electron chi connectivity index (χ0n) is 25.2. The molecule has 0 atom stereocenters. The van der Waals surface area contributed by atoms with Gasteiger partial charge in [-0.25, -0.2) is 0 Å². The number of rotatable bonds is 23. The molecule has 3 amide bonds. The Morgan fingerprint density at radius 1 is 0.450 bits per heavy atom. The average Bonchev–Trinajstić information content (AvgIpc) is 2.95. The number of amides is 3. The second-order valence-corrected chi connectivity index (χ2v) is 9.66. The molecule has 226 valence electrons. The SMILES string of the molecule is CC=CC(=O)N(CCC(=O)N(CCC(=O)CC)CCC(=O)CC)CCC(=O)N(CCC(=O)CC)CCC(=O)CC. The van der Waals surface area contributed by atoms with Crippen molar-refractivity contribution in [1.82, 2.24) is 14.7 Å². The van der Waals surface area contributed by atoms with E-state index >= 15 is 0 Å². The van der Waals surface area contributed by atoms with Crippen LogP contribution in [-0.2, 0) is 33.6 Å². The lowest BCUT2D eigenvalue weighted by atomic mass is 10.1. The zero-order valence-corrected chi connectivity index (χ0v) is 25.2. The summed E-state index contributed by atoms with van der Waals surface area (Å²) < 4.78 is 0. The smallest absolute Gasteiger partial charge is 0.246 e. The van der Waals surface area contributed by atoms with Crippen molar-refractivity contribution in [2.24, 2.45) is 0 Å². The van der Waals surface area contributed by atoms with E-state index in [-0.39, 0.29) is 119 Å². The number of carbonyl (C=O) groups is 7. The molecule has 0 aromatic heterocycles. The summed E-state index contributed by atoms with van der Waals surface area (Å²) in [6.45, 7) is 9.71. The first-order valence-electron chi connectivity index (χ1n) is 14.6. The summed E-state index contributed by atoms with van der Waals surface area (Å²) in [7, 11) is 0. The molecule has 0 aromatic rings.